The maximum Gasteiger partial charge on any atom is -0.0383 e. The van der Waals surface area contributed by atoms with Gasteiger partial charge in [0.1, 0.15) is 0 Å². The zero-order chi connectivity index (χ0) is 5.70. The molecule has 0 atom stereocenters. The van der Waals surface area contributed by atoms with Crippen LogP contribution in [0, 0.1) is 19.3 Å². The van der Waals surface area contributed by atoms with E-state index in [1.807, 2.05) is 0 Å². The molecule has 0 nitrogen and oxygen atoms in total. The molecule has 0 heteroatoms. The van der Waals surface area contributed by atoms with Crippen LogP contribution in [0.1, 0.15) is 26.7 Å². The Hall–Kier alpha value is 0. The van der Waals surface area contributed by atoms with Crippen molar-refractivity contribution in [3.8, 4) is 0 Å². The van der Waals surface area contributed by atoms with Crippen LogP contribution in [0.3, 0.4) is 0 Å². The molecule has 0 amide bonds. The van der Waals surface area contributed by atoms with Crippen LogP contribution in [0.15, 0.2) is 0 Å². The molecule has 0 aliphatic rings. The molecule has 0 N–H and O–H groups in total. The number of unbranched alkanes of at least 4 members (excludes halogenated alkanes) is 1. The molecule has 0 unspecified atom stereocenters. The van der Waals surface area contributed by atoms with Crippen molar-refractivity contribution < 1.29 is 0 Å². The maximum atomic E-state index is 3.70. The fourth-order valence-electron chi connectivity index (χ4n) is 0.451. The molecule has 0 aromatic heterocycles. The van der Waals surface area contributed by atoms with E-state index in [9.17, 15) is 0 Å². The molecule has 0 rings (SSSR count). The van der Waals surface area contributed by atoms with Crippen LogP contribution in [0.5, 0.6) is 0 Å². The monoisotopic (exact) mass is 98.1 g/mol. The Balaban J connectivity index is 2.68. The minimum absolute atomic E-state index is 0.807. The standard InChI is InChI=1S/C7H14/c1-4-5-6-7(2)3/h5,7H,1,4,6H2,2-3H3. The van der Waals surface area contributed by atoms with Crippen molar-refractivity contribution in [2.45, 2.75) is 26.7 Å². The lowest BCUT2D eigenvalue weighted by atomic mass is 10.1. The second-order valence-electron chi connectivity index (χ2n) is 2.21. The van der Waals surface area contributed by atoms with Gasteiger partial charge in [-0.2, -0.15) is 0 Å². The van der Waals surface area contributed by atoms with Crippen molar-refractivity contribution in [3.05, 3.63) is 13.3 Å². The molecule has 0 aromatic rings. The summed E-state index contributed by atoms with van der Waals surface area (Å²) < 4.78 is 0. The van der Waals surface area contributed by atoms with E-state index in [1.54, 1.807) is 0 Å². The van der Waals surface area contributed by atoms with E-state index >= 15 is 0 Å². The summed E-state index contributed by atoms with van der Waals surface area (Å²) in [6.07, 6.45) is 4.40. The van der Waals surface area contributed by atoms with Crippen molar-refractivity contribution in [1.82, 2.24) is 0 Å². The molecule has 2 radical (unpaired) electrons. The maximum absolute atomic E-state index is 3.70. The lowest BCUT2D eigenvalue weighted by molar-refractivity contribution is 0.631. The number of rotatable bonds is 3. The number of hydrogen-bond acceptors (Lipinski definition) is 0. The Kier molecular flexibility index (Phi) is 4.17. The molecular formula is C7H14. The van der Waals surface area contributed by atoms with Crippen LogP contribution in [0.2, 0.25) is 0 Å². The van der Waals surface area contributed by atoms with Crippen LogP contribution >= 0.6 is 0 Å². The highest BCUT2D eigenvalue weighted by Gasteiger charge is 1.89. The Morgan fingerprint density at radius 3 is 2.29 bits per heavy atom. The van der Waals surface area contributed by atoms with Gasteiger partial charge in [0, 0.05) is 0 Å². The Morgan fingerprint density at radius 2 is 2.14 bits per heavy atom. The van der Waals surface area contributed by atoms with E-state index in [4.69, 9.17) is 0 Å². The Bertz CT molecular complexity index is 29.0. The second-order valence-corrected chi connectivity index (χ2v) is 2.21. The first-order chi connectivity index (χ1) is 3.27. The van der Waals surface area contributed by atoms with E-state index in [1.165, 1.54) is 6.42 Å². The Labute approximate surface area is 46.9 Å². The van der Waals surface area contributed by atoms with Crippen LogP contribution in [-0.4, -0.2) is 0 Å². The quantitative estimate of drug-likeness (QED) is 0.508. The minimum atomic E-state index is 0.807. The summed E-state index contributed by atoms with van der Waals surface area (Å²) in [5.41, 5.74) is 0. The average molecular weight is 98.2 g/mol. The highest BCUT2D eigenvalue weighted by atomic mass is 13.9. The molecule has 0 bridgehead atoms. The molecule has 0 aliphatic carbocycles. The van der Waals surface area contributed by atoms with Gasteiger partial charge in [-0.05, 0) is 18.8 Å². The summed E-state index contributed by atoms with van der Waals surface area (Å²) >= 11 is 0. The molecule has 42 valence electrons. The first-order valence-electron chi connectivity index (χ1n) is 2.88. The van der Waals surface area contributed by atoms with Gasteiger partial charge >= 0.3 is 0 Å². The molecule has 0 aliphatic heterocycles. The van der Waals surface area contributed by atoms with Crippen molar-refractivity contribution in [2.75, 3.05) is 0 Å². The molecule has 0 aromatic carbocycles. The summed E-state index contributed by atoms with van der Waals surface area (Å²) in [5.74, 6) is 0.807. The normalized spacial score (nSPS) is 10.3. The van der Waals surface area contributed by atoms with Gasteiger partial charge in [0.2, 0.25) is 0 Å². The molecule has 0 heterocycles. The summed E-state index contributed by atoms with van der Waals surface area (Å²) in [5, 5.41) is 0. The van der Waals surface area contributed by atoms with Gasteiger partial charge in [0.05, 0.1) is 0 Å². The average Bonchev–Trinajstić information content (AvgIpc) is 1.61. The zero-order valence-electron chi connectivity index (χ0n) is 5.28. The topological polar surface area (TPSA) is 0 Å². The van der Waals surface area contributed by atoms with E-state index in [0.717, 1.165) is 12.3 Å². The zero-order valence-corrected chi connectivity index (χ0v) is 5.28. The van der Waals surface area contributed by atoms with Crippen LogP contribution < -0.4 is 0 Å². The molecule has 7 heavy (non-hydrogen) atoms. The number of hydrogen-bond donors (Lipinski definition) is 0. The van der Waals surface area contributed by atoms with Crippen molar-refractivity contribution in [3.63, 3.8) is 0 Å². The third kappa shape index (κ3) is 6.00. The SMILES string of the molecule is [CH2]C[CH]CC(C)C. The third-order valence-corrected chi connectivity index (χ3v) is 0.842. The van der Waals surface area contributed by atoms with E-state index < -0.39 is 0 Å². The first-order valence-corrected chi connectivity index (χ1v) is 2.88. The third-order valence-electron chi connectivity index (χ3n) is 0.842. The smallest absolute Gasteiger partial charge is 0.0383 e. The summed E-state index contributed by atoms with van der Waals surface area (Å²) in [6.45, 7) is 8.13. The minimum Gasteiger partial charge on any atom is -0.0628 e. The van der Waals surface area contributed by atoms with Crippen LogP contribution in [0.25, 0.3) is 0 Å². The van der Waals surface area contributed by atoms with E-state index in [0.29, 0.717) is 0 Å². The van der Waals surface area contributed by atoms with Gasteiger partial charge in [0.15, 0.2) is 0 Å². The van der Waals surface area contributed by atoms with E-state index in [-0.39, 0.29) is 0 Å². The second kappa shape index (κ2) is 4.17. The fourth-order valence-corrected chi connectivity index (χ4v) is 0.451. The highest BCUT2D eigenvalue weighted by molar-refractivity contribution is 4.66. The van der Waals surface area contributed by atoms with Crippen molar-refractivity contribution in [1.29, 1.82) is 0 Å². The molecule has 0 saturated heterocycles. The van der Waals surface area contributed by atoms with Gasteiger partial charge in [-0.25, -0.2) is 0 Å². The van der Waals surface area contributed by atoms with Crippen molar-refractivity contribution in [2.24, 2.45) is 5.92 Å². The van der Waals surface area contributed by atoms with Crippen LogP contribution in [0.4, 0.5) is 0 Å². The summed E-state index contributed by atoms with van der Waals surface area (Å²) in [4.78, 5) is 0. The Morgan fingerprint density at radius 1 is 1.57 bits per heavy atom. The predicted octanol–water partition coefficient (Wildman–Crippen LogP) is 2.46. The van der Waals surface area contributed by atoms with Crippen molar-refractivity contribution >= 4 is 0 Å². The van der Waals surface area contributed by atoms with Gasteiger partial charge < -0.3 is 0 Å². The molecular weight excluding hydrogens is 84.1 g/mol. The molecule has 0 fully saturated rings. The molecule has 0 spiro atoms. The van der Waals surface area contributed by atoms with Gasteiger partial charge in [-0.1, -0.05) is 27.2 Å². The largest absolute Gasteiger partial charge is 0.0628 e. The van der Waals surface area contributed by atoms with Gasteiger partial charge in [-0.3, -0.25) is 0 Å². The fraction of sp³-hybridized carbons (Fsp3) is 0.714. The summed E-state index contributed by atoms with van der Waals surface area (Å²) in [7, 11) is 0. The lowest BCUT2D eigenvalue weighted by Gasteiger charge is -1.98. The summed E-state index contributed by atoms with van der Waals surface area (Å²) in [6, 6.07) is 0. The lowest BCUT2D eigenvalue weighted by Crippen LogP contribution is -1.85. The van der Waals surface area contributed by atoms with Crippen LogP contribution in [-0.2, 0) is 0 Å². The predicted molar refractivity (Wildman–Crippen MR) is 33.7 cm³/mol. The van der Waals surface area contributed by atoms with E-state index in [2.05, 4.69) is 27.2 Å². The first kappa shape index (κ1) is 7.00. The molecule has 0 saturated carbocycles. The van der Waals surface area contributed by atoms with Gasteiger partial charge in [0.25, 0.3) is 0 Å². The van der Waals surface area contributed by atoms with Gasteiger partial charge in [-0.15, -0.1) is 0 Å². The highest BCUT2D eigenvalue weighted by Crippen LogP contribution is 2.02.